The maximum Gasteiger partial charge on any atom is 0.330 e. The Labute approximate surface area is 119 Å². The Morgan fingerprint density at radius 3 is 2.65 bits per heavy atom. The molecule has 7 heteroatoms. The summed E-state index contributed by atoms with van der Waals surface area (Å²) in [6.07, 6.45) is 2.95. The molecule has 4 amide bonds. The van der Waals surface area contributed by atoms with E-state index in [0.717, 1.165) is 24.3 Å². The molecule has 7 nitrogen and oxygen atoms in total. The van der Waals surface area contributed by atoms with Crippen LogP contribution in [0.3, 0.4) is 0 Å². The third kappa shape index (κ3) is 4.41. The molecule has 1 aliphatic rings. The molecule has 1 heterocycles. The van der Waals surface area contributed by atoms with E-state index in [4.69, 9.17) is 0 Å². The Morgan fingerprint density at radius 1 is 1.35 bits per heavy atom. The van der Waals surface area contributed by atoms with Crippen LogP contribution in [0, 0.1) is 5.92 Å². The van der Waals surface area contributed by atoms with Crippen molar-refractivity contribution in [2.45, 2.75) is 19.8 Å². The van der Waals surface area contributed by atoms with Crippen molar-refractivity contribution in [1.82, 2.24) is 10.2 Å². The molecule has 0 aliphatic carbocycles. The van der Waals surface area contributed by atoms with Crippen molar-refractivity contribution in [2.75, 3.05) is 33.7 Å². The maximum absolute atomic E-state index is 12.1. The smallest absolute Gasteiger partial charge is 0.330 e. The fourth-order valence-electron chi connectivity index (χ4n) is 1.76. The van der Waals surface area contributed by atoms with Gasteiger partial charge in [0.15, 0.2) is 5.92 Å². The first-order valence-corrected chi connectivity index (χ1v) is 6.92. The number of amides is 4. The predicted molar refractivity (Wildman–Crippen MR) is 74.7 cm³/mol. The first-order chi connectivity index (χ1) is 9.47. The van der Waals surface area contributed by atoms with Crippen LogP contribution in [0.2, 0.25) is 0 Å². The number of likely N-dealkylation sites (N-methyl/N-ethyl adjacent to an activating group) is 1. The normalized spacial score (nSPS) is 20.1. The molecule has 1 fully saturated rings. The van der Waals surface area contributed by atoms with Crippen LogP contribution in [0.5, 0.6) is 0 Å². The van der Waals surface area contributed by atoms with Crippen molar-refractivity contribution in [2.24, 2.45) is 10.9 Å². The lowest BCUT2D eigenvalue weighted by atomic mass is 10.1. The van der Waals surface area contributed by atoms with E-state index in [1.54, 1.807) is 0 Å². The van der Waals surface area contributed by atoms with Gasteiger partial charge >= 0.3 is 6.03 Å². The molecule has 1 aliphatic heterocycles. The number of barbiturate groups is 1. The molecule has 0 radical (unpaired) electrons. The van der Waals surface area contributed by atoms with Crippen LogP contribution in [0.4, 0.5) is 4.79 Å². The summed E-state index contributed by atoms with van der Waals surface area (Å²) in [7, 11) is 4.00. The first kappa shape index (κ1) is 16.3. The van der Waals surface area contributed by atoms with Crippen LogP contribution in [-0.2, 0) is 9.59 Å². The van der Waals surface area contributed by atoms with E-state index in [-0.39, 0.29) is 0 Å². The average molecular weight is 283 g/mol. The van der Waals surface area contributed by atoms with Gasteiger partial charge in [-0.2, -0.15) is 0 Å². The zero-order chi connectivity index (χ0) is 15.1. The Morgan fingerprint density at radius 2 is 2.05 bits per heavy atom. The molecule has 0 spiro atoms. The van der Waals surface area contributed by atoms with Gasteiger partial charge in [-0.15, -0.1) is 0 Å². The minimum absolute atomic E-state index is 0.334. The number of imide groups is 2. The summed E-state index contributed by atoms with van der Waals surface area (Å²) in [4.78, 5) is 41.9. The zero-order valence-electron chi connectivity index (χ0n) is 12.3. The summed E-state index contributed by atoms with van der Waals surface area (Å²) < 4.78 is 0. The molecule has 0 aromatic carbocycles. The second-order valence-electron chi connectivity index (χ2n) is 5.13. The standard InChI is InChI=1S/C13H22N4O3/c1-4-5-7-17-12(19)10(11(18)15-13(17)20)9-14-6-8-16(2)3/h9-10H,4-8H2,1-3H3,(H,15,18,20)/p+1/t10-/m1/s1. The number of nitrogens with one attached hydrogen (secondary N) is 2. The van der Waals surface area contributed by atoms with E-state index in [1.165, 1.54) is 11.1 Å². The van der Waals surface area contributed by atoms with Crippen LogP contribution < -0.4 is 10.2 Å². The third-order valence-corrected chi connectivity index (χ3v) is 3.02. The number of quaternary nitrogens is 1. The number of hydrogen-bond acceptors (Lipinski definition) is 4. The fraction of sp³-hybridized carbons (Fsp3) is 0.692. The molecule has 0 saturated carbocycles. The summed E-state index contributed by atoms with van der Waals surface area (Å²) >= 11 is 0. The zero-order valence-corrected chi connectivity index (χ0v) is 12.3. The van der Waals surface area contributed by atoms with Gasteiger partial charge in [-0.1, -0.05) is 13.3 Å². The van der Waals surface area contributed by atoms with Gasteiger partial charge in [-0.05, 0) is 6.42 Å². The van der Waals surface area contributed by atoms with Crippen molar-refractivity contribution >= 4 is 24.1 Å². The second-order valence-corrected chi connectivity index (χ2v) is 5.13. The fourth-order valence-corrected chi connectivity index (χ4v) is 1.76. The van der Waals surface area contributed by atoms with Gasteiger partial charge in [0, 0.05) is 12.8 Å². The van der Waals surface area contributed by atoms with E-state index in [2.05, 4.69) is 10.3 Å². The summed E-state index contributed by atoms with van der Waals surface area (Å²) in [5, 5.41) is 2.20. The highest BCUT2D eigenvalue weighted by atomic mass is 16.2. The van der Waals surface area contributed by atoms with Gasteiger partial charge in [-0.3, -0.25) is 24.8 Å². The summed E-state index contributed by atoms with van der Waals surface area (Å²) in [6.45, 7) is 3.67. The Hall–Kier alpha value is -1.76. The molecule has 0 unspecified atom stereocenters. The minimum atomic E-state index is -0.985. The number of nitrogens with zero attached hydrogens (tertiary/aromatic N) is 2. The molecular weight excluding hydrogens is 260 g/mol. The largest absolute Gasteiger partial charge is 0.338 e. The lowest BCUT2D eigenvalue weighted by molar-refractivity contribution is -0.856. The summed E-state index contributed by atoms with van der Waals surface area (Å²) in [5.41, 5.74) is 0. The molecule has 20 heavy (non-hydrogen) atoms. The summed E-state index contributed by atoms with van der Waals surface area (Å²) in [5.74, 6) is -2.05. The van der Waals surface area contributed by atoms with Gasteiger partial charge in [0.05, 0.1) is 27.2 Å². The molecule has 0 aromatic rings. The van der Waals surface area contributed by atoms with Crippen molar-refractivity contribution in [3.05, 3.63) is 0 Å². The number of aliphatic imine (C=N–C) groups is 1. The Kier molecular flexibility index (Phi) is 6.30. The molecule has 1 atom stereocenters. The van der Waals surface area contributed by atoms with Gasteiger partial charge in [0.25, 0.3) is 0 Å². The lowest BCUT2D eigenvalue weighted by Crippen LogP contribution is -3.06. The first-order valence-electron chi connectivity index (χ1n) is 6.92. The van der Waals surface area contributed by atoms with Crippen LogP contribution >= 0.6 is 0 Å². The van der Waals surface area contributed by atoms with Gasteiger partial charge in [0.2, 0.25) is 11.8 Å². The summed E-state index contributed by atoms with van der Waals surface area (Å²) in [6, 6.07) is -0.629. The monoisotopic (exact) mass is 283 g/mol. The SMILES string of the molecule is CCCCN1C(=O)NC(=O)[C@@H](C=NCC[NH+](C)C)C1=O. The lowest BCUT2D eigenvalue weighted by Gasteiger charge is -2.28. The minimum Gasteiger partial charge on any atom is -0.338 e. The van der Waals surface area contributed by atoms with E-state index < -0.39 is 23.8 Å². The number of urea groups is 1. The van der Waals surface area contributed by atoms with Gasteiger partial charge in [0.1, 0.15) is 0 Å². The molecule has 0 aromatic heterocycles. The number of unbranched alkanes of at least 4 members (excludes halogenated alkanes) is 1. The highest BCUT2D eigenvalue weighted by Gasteiger charge is 2.38. The Bertz CT molecular complexity index is 406. The van der Waals surface area contributed by atoms with E-state index in [0.29, 0.717) is 13.1 Å². The van der Waals surface area contributed by atoms with Crippen molar-refractivity contribution in [3.63, 3.8) is 0 Å². The highest BCUT2D eigenvalue weighted by Crippen LogP contribution is 2.10. The van der Waals surface area contributed by atoms with Gasteiger partial charge < -0.3 is 4.90 Å². The van der Waals surface area contributed by atoms with Crippen LogP contribution in [0.1, 0.15) is 19.8 Å². The van der Waals surface area contributed by atoms with Gasteiger partial charge in [-0.25, -0.2) is 4.79 Å². The number of hydrogen-bond donors (Lipinski definition) is 2. The quantitative estimate of drug-likeness (QED) is 0.450. The number of carbonyl (C=O) groups is 3. The Balaban J connectivity index is 2.66. The van der Waals surface area contributed by atoms with Crippen LogP contribution in [0.15, 0.2) is 4.99 Å². The molecule has 0 bridgehead atoms. The highest BCUT2D eigenvalue weighted by molar-refractivity contribution is 6.23. The molecular formula is C13H23N4O3+. The van der Waals surface area contributed by atoms with E-state index in [9.17, 15) is 14.4 Å². The van der Waals surface area contributed by atoms with Crippen molar-refractivity contribution < 1.29 is 19.3 Å². The van der Waals surface area contributed by atoms with Crippen molar-refractivity contribution in [1.29, 1.82) is 0 Å². The van der Waals surface area contributed by atoms with Crippen LogP contribution in [0.25, 0.3) is 0 Å². The van der Waals surface area contributed by atoms with E-state index in [1.807, 2.05) is 21.0 Å². The number of carbonyl (C=O) groups excluding carboxylic acids is 3. The third-order valence-electron chi connectivity index (χ3n) is 3.02. The second kappa shape index (κ2) is 7.74. The molecule has 1 saturated heterocycles. The van der Waals surface area contributed by atoms with Crippen LogP contribution in [-0.4, -0.2) is 62.7 Å². The molecule has 112 valence electrons. The molecule has 1 rings (SSSR count). The van der Waals surface area contributed by atoms with E-state index >= 15 is 0 Å². The maximum atomic E-state index is 12.1. The topological polar surface area (TPSA) is 83.3 Å². The molecule has 2 N–H and O–H groups in total. The predicted octanol–water partition coefficient (Wildman–Crippen LogP) is -1.30. The van der Waals surface area contributed by atoms with Crippen molar-refractivity contribution in [3.8, 4) is 0 Å². The number of rotatable bonds is 7. The average Bonchev–Trinajstić information content (AvgIpc) is 2.37.